The zero-order chi connectivity index (χ0) is 24.9. The van der Waals surface area contributed by atoms with Crippen molar-refractivity contribution in [1.82, 2.24) is 9.97 Å². The van der Waals surface area contributed by atoms with Gasteiger partial charge >= 0.3 is 5.97 Å². The van der Waals surface area contributed by atoms with E-state index in [2.05, 4.69) is 53.3 Å². The molecule has 2 aromatic carbocycles. The van der Waals surface area contributed by atoms with Gasteiger partial charge in [-0.15, -0.1) is 0 Å². The van der Waals surface area contributed by atoms with Crippen LogP contribution in [0.25, 0.3) is 22.5 Å². The molecule has 186 valence electrons. The fourth-order valence-electron chi connectivity index (χ4n) is 3.82. The summed E-state index contributed by atoms with van der Waals surface area (Å²) in [6, 6.07) is 17.2. The third kappa shape index (κ3) is 8.82. The summed E-state index contributed by atoms with van der Waals surface area (Å²) >= 11 is 0. The molecule has 0 aliphatic rings. The molecule has 3 rings (SSSR count). The predicted octanol–water partition coefficient (Wildman–Crippen LogP) is 7.43. The van der Waals surface area contributed by atoms with Crippen molar-refractivity contribution < 1.29 is 14.3 Å². The number of ether oxygens (including phenoxy) is 2. The normalized spacial score (nSPS) is 11.7. The van der Waals surface area contributed by atoms with Crippen molar-refractivity contribution >= 4 is 5.97 Å². The molecule has 0 saturated heterocycles. The summed E-state index contributed by atoms with van der Waals surface area (Å²) in [7, 11) is 0. The van der Waals surface area contributed by atoms with Crippen LogP contribution in [0, 0.1) is 0 Å². The Balaban J connectivity index is 1.50. The second kappa shape index (κ2) is 14.2. The van der Waals surface area contributed by atoms with Gasteiger partial charge in [0, 0.05) is 12.0 Å². The minimum atomic E-state index is -0.318. The average molecular weight is 475 g/mol. The molecule has 0 saturated carbocycles. The molecular weight excluding hydrogens is 436 g/mol. The molecule has 0 bridgehead atoms. The van der Waals surface area contributed by atoms with Gasteiger partial charge in [-0.05, 0) is 42.9 Å². The maximum Gasteiger partial charge on any atom is 0.306 e. The Morgan fingerprint density at radius 2 is 1.40 bits per heavy atom. The third-order valence-corrected chi connectivity index (χ3v) is 5.93. The van der Waals surface area contributed by atoms with Crippen molar-refractivity contribution in [2.75, 3.05) is 6.61 Å². The lowest BCUT2D eigenvalue weighted by atomic mass is 10.00. The molecule has 0 aliphatic heterocycles. The topological polar surface area (TPSA) is 61.3 Å². The lowest BCUT2D eigenvalue weighted by Gasteiger charge is -2.14. The molecule has 3 aromatic rings. The molecule has 0 N–H and O–H groups in total. The minimum absolute atomic E-state index is 0.184. The number of hydrogen-bond acceptors (Lipinski definition) is 5. The van der Waals surface area contributed by atoms with E-state index in [9.17, 15) is 4.79 Å². The summed E-state index contributed by atoms with van der Waals surface area (Å²) in [6.45, 7) is 6.38. The van der Waals surface area contributed by atoms with Crippen LogP contribution in [0.4, 0.5) is 0 Å². The van der Waals surface area contributed by atoms with Gasteiger partial charge in [-0.1, -0.05) is 88.1 Å². The fraction of sp³-hybridized carbons (Fsp3) is 0.433. The van der Waals surface area contributed by atoms with Crippen LogP contribution in [0.15, 0.2) is 60.9 Å². The van der Waals surface area contributed by atoms with E-state index in [1.165, 1.54) is 42.4 Å². The lowest BCUT2D eigenvalue weighted by Crippen LogP contribution is -2.22. The van der Waals surface area contributed by atoms with E-state index in [0.29, 0.717) is 18.0 Å². The van der Waals surface area contributed by atoms with E-state index in [4.69, 9.17) is 9.47 Å². The standard InChI is InChI=1S/C30H38N2O3/c1-4-6-8-9-10-24-12-14-25(15-13-24)26-16-18-27(19-17-26)30-31-20-28(21-32-30)34-22-23(3)35-29(33)11-7-5-2/h12-21,23H,4-11,22H2,1-3H3/t23-/m0/s1. The van der Waals surface area contributed by atoms with E-state index in [-0.39, 0.29) is 18.7 Å². The van der Waals surface area contributed by atoms with Crippen LogP contribution < -0.4 is 4.74 Å². The zero-order valence-electron chi connectivity index (χ0n) is 21.3. The Labute approximate surface area is 209 Å². The van der Waals surface area contributed by atoms with Crippen LogP contribution >= 0.6 is 0 Å². The molecular formula is C30H38N2O3. The highest BCUT2D eigenvalue weighted by Gasteiger charge is 2.10. The third-order valence-electron chi connectivity index (χ3n) is 5.93. The van der Waals surface area contributed by atoms with Gasteiger partial charge in [0.05, 0.1) is 12.4 Å². The molecule has 1 atom stereocenters. The number of esters is 1. The number of benzene rings is 2. The van der Waals surface area contributed by atoms with Crippen LogP contribution in [0.3, 0.4) is 0 Å². The Bertz CT molecular complexity index is 1010. The van der Waals surface area contributed by atoms with Gasteiger partial charge in [-0.25, -0.2) is 9.97 Å². The molecule has 35 heavy (non-hydrogen) atoms. The van der Waals surface area contributed by atoms with E-state index >= 15 is 0 Å². The summed E-state index contributed by atoms with van der Waals surface area (Å²) < 4.78 is 11.0. The largest absolute Gasteiger partial charge is 0.486 e. The molecule has 1 heterocycles. The Kier molecular flexibility index (Phi) is 10.7. The molecule has 0 radical (unpaired) electrons. The first-order valence-electron chi connectivity index (χ1n) is 12.9. The molecule has 0 unspecified atom stereocenters. The summed E-state index contributed by atoms with van der Waals surface area (Å²) in [4.78, 5) is 20.6. The number of aromatic nitrogens is 2. The maximum absolute atomic E-state index is 11.7. The highest BCUT2D eigenvalue weighted by molar-refractivity contribution is 5.69. The van der Waals surface area contributed by atoms with Crippen molar-refractivity contribution in [2.24, 2.45) is 0 Å². The van der Waals surface area contributed by atoms with Crippen molar-refractivity contribution in [1.29, 1.82) is 0 Å². The van der Waals surface area contributed by atoms with E-state index in [1.54, 1.807) is 12.4 Å². The molecule has 1 aromatic heterocycles. The number of unbranched alkanes of at least 4 members (excludes halogenated alkanes) is 4. The van der Waals surface area contributed by atoms with Crippen LogP contribution in [0.5, 0.6) is 5.75 Å². The Morgan fingerprint density at radius 1 is 0.800 bits per heavy atom. The molecule has 0 spiro atoms. The minimum Gasteiger partial charge on any atom is -0.486 e. The molecule has 0 amide bonds. The first-order chi connectivity index (χ1) is 17.1. The number of nitrogens with zero attached hydrogens (tertiary/aromatic N) is 2. The SMILES string of the molecule is CCCCCCc1ccc(-c2ccc(-c3ncc(OC[C@H](C)OC(=O)CCCC)cn3)cc2)cc1. The maximum atomic E-state index is 11.7. The molecule has 0 aliphatic carbocycles. The second-order valence-electron chi connectivity index (χ2n) is 9.04. The van der Waals surface area contributed by atoms with Crippen LogP contribution in [-0.2, 0) is 16.0 Å². The number of rotatable bonds is 14. The van der Waals surface area contributed by atoms with Crippen LogP contribution in [0.2, 0.25) is 0 Å². The van der Waals surface area contributed by atoms with Gasteiger partial charge in [0.1, 0.15) is 12.7 Å². The summed E-state index contributed by atoms with van der Waals surface area (Å²) in [5.41, 5.74) is 4.74. The molecule has 0 fully saturated rings. The highest BCUT2D eigenvalue weighted by Crippen LogP contribution is 2.24. The molecule has 5 heteroatoms. The van der Waals surface area contributed by atoms with Gasteiger partial charge in [0.15, 0.2) is 11.6 Å². The monoisotopic (exact) mass is 474 g/mol. The Morgan fingerprint density at radius 3 is 2.03 bits per heavy atom. The van der Waals surface area contributed by atoms with Crippen LogP contribution in [-0.4, -0.2) is 28.6 Å². The summed E-state index contributed by atoms with van der Waals surface area (Å²) in [5.74, 6) is 1.01. The zero-order valence-corrected chi connectivity index (χ0v) is 21.3. The quantitative estimate of drug-likeness (QED) is 0.179. The first kappa shape index (κ1) is 26.4. The van der Waals surface area contributed by atoms with E-state index < -0.39 is 0 Å². The van der Waals surface area contributed by atoms with Gasteiger partial charge in [0.25, 0.3) is 0 Å². The van der Waals surface area contributed by atoms with E-state index in [0.717, 1.165) is 24.8 Å². The van der Waals surface area contributed by atoms with Gasteiger partial charge in [-0.3, -0.25) is 4.79 Å². The smallest absolute Gasteiger partial charge is 0.306 e. The second-order valence-corrected chi connectivity index (χ2v) is 9.04. The number of hydrogen-bond donors (Lipinski definition) is 0. The lowest BCUT2D eigenvalue weighted by molar-refractivity contribution is -0.149. The van der Waals surface area contributed by atoms with Crippen molar-refractivity contribution in [3.63, 3.8) is 0 Å². The number of aryl methyl sites for hydroxylation is 1. The first-order valence-corrected chi connectivity index (χ1v) is 12.9. The molecule has 5 nitrogen and oxygen atoms in total. The fourth-order valence-corrected chi connectivity index (χ4v) is 3.82. The van der Waals surface area contributed by atoms with E-state index in [1.807, 2.05) is 26.0 Å². The number of carbonyl (C=O) groups excluding carboxylic acids is 1. The van der Waals surface area contributed by atoms with Crippen molar-refractivity contribution in [3.05, 3.63) is 66.5 Å². The van der Waals surface area contributed by atoms with Gasteiger partial charge < -0.3 is 9.47 Å². The number of carbonyl (C=O) groups is 1. The van der Waals surface area contributed by atoms with Crippen molar-refractivity contribution in [3.8, 4) is 28.3 Å². The highest BCUT2D eigenvalue weighted by atomic mass is 16.6. The summed E-state index contributed by atoms with van der Waals surface area (Å²) in [5, 5.41) is 0. The predicted molar refractivity (Wildman–Crippen MR) is 141 cm³/mol. The average Bonchev–Trinajstić information content (AvgIpc) is 2.89. The Hall–Kier alpha value is -3.21. The van der Waals surface area contributed by atoms with Gasteiger partial charge in [0.2, 0.25) is 0 Å². The van der Waals surface area contributed by atoms with Crippen LogP contribution in [0.1, 0.15) is 71.3 Å². The van der Waals surface area contributed by atoms with Crippen molar-refractivity contribution in [2.45, 2.75) is 78.2 Å². The summed E-state index contributed by atoms with van der Waals surface area (Å²) in [6.07, 6.45) is 11.6. The van der Waals surface area contributed by atoms with Gasteiger partial charge in [-0.2, -0.15) is 0 Å².